The van der Waals surface area contributed by atoms with Crippen molar-refractivity contribution in [2.45, 2.75) is 51.7 Å². The lowest BCUT2D eigenvalue weighted by atomic mass is 10.1. The maximum absolute atomic E-state index is 5.40. The van der Waals surface area contributed by atoms with E-state index in [1.54, 1.807) is 0 Å². The Hall–Kier alpha value is -0.0400. The van der Waals surface area contributed by atoms with Gasteiger partial charge in [-0.3, -0.25) is 0 Å². The first-order chi connectivity index (χ1) is 4.38. The van der Waals surface area contributed by atoms with Crippen LogP contribution in [0.2, 0.25) is 0 Å². The third-order valence-corrected chi connectivity index (χ3v) is 1.83. The second-order valence-corrected chi connectivity index (χ2v) is 2.79. The fourth-order valence-corrected chi connectivity index (χ4v) is 1.26. The fraction of sp³-hybridized carbons (Fsp3) is 1.00. The molecule has 0 unspecified atom stereocenters. The lowest BCUT2D eigenvalue weighted by Crippen LogP contribution is -1.91. The van der Waals surface area contributed by atoms with Gasteiger partial charge in [-0.25, -0.2) is 0 Å². The Morgan fingerprint density at radius 3 is 1.78 bits per heavy atom. The highest BCUT2D eigenvalue weighted by molar-refractivity contribution is 4.83. The lowest BCUT2D eigenvalue weighted by Gasteiger charge is -1.87. The minimum atomic E-state index is 0.634. The van der Waals surface area contributed by atoms with Gasteiger partial charge in [-0.1, -0.05) is 26.7 Å². The monoisotopic (exact) mass is 128 g/mol. The van der Waals surface area contributed by atoms with Gasteiger partial charge in [0.2, 0.25) is 0 Å². The summed E-state index contributed by atoms with van der Waals surface area (Å²) >= 11 is 0. The molecular formula is C8H16O. The van der Waals surface area contributed by atoms with Gasteiger partial charge in [-0.05, 0) is 12.8 Å². The largest absolute Gasteiger partial charge is 0.370 e. The number of hydrogen-bond donors (Lipinski definition) is 0. The topological polar surface area (TPSA) is 12.5 Å². The number of epoxide rings is 1. The van der Waals surface area contributed by atoms with E-state index in [-0.39, 0.29) is 0 Å². The zero-order chi connectivity index (χ0) is 6.69. The van der Waals surface area contributed by atoms with Gasteiger partial charge in [0.1, 0.15) is 0 Å². The fourth-order valence-electron chi connectivity index (χ4n) is 1.26. The zero-order valence-electron chi connectivity index (χ0n) is 6.39. The Morgan fingerprint density at radius 2 is 1.44 bits per heavy atom. The summed E-state index contributed by atoms with van der Waals surface area (Å²) in [6.07, 6.45) is 6.34. The van der Waals surface area contributed by atoms with E-state index in [1.165, 1.54) is 25.7 Å². The molecule has 0 aromatic heterocycles. The molecule has 0 spiro atoms. The van der Waals surface area contributed by atoms with Crippen LogP contribution in [-0.4, -0.2) is 12.2 Å². The molecule has 1 nitrogen and oxygen atoms in total. The van der Waals surface area contributed by atoms with Crippen LogP contribution in [0, 0.1) is 0 Å². The molecule has 0 aromatic rings. The van der Waals surface area contributed by atoms with Crippen molar-refractivity contribution in [1.29, 1.82) is 0 Å². The summed E-state index contributed by atoms with van der Waals surface area (Å²) in [5.41, 5.74) is 0. The van der Waals surface area contributed by atoms with E-state index in [0.717, 1.165) is 0 Å². The van der Waals surface area contributed by atoms with E-state index in [0.29, 0.717) is 12.2 Å². The predicted octanol–water partition coefficient (Wildman–Crippen LogP) is 2.35. The van der Waals surface area contributed by atoms with Crippen molar-refractivity contribution in [3.8, 4) is 0 Å². The summed E-state index contributed by atoms with van der Waals surface area (Å²) < 4.78 is 5.40. The maximum atomic E-state index is 5.40. The van der Waals surface area contributed by atoms with Crippen molar-refractivity contribution in [3.05, 3.63) is 0 Å². The molecule has 0 saturated carbocycles. The van der Waals surface area contributed by atoms with Crippen LogP contribution in [0.15, 0.2) is 0 Å². The number of rotatable bonds is 4. The molecule has 2 atom stereocenters. The summed E-state index contributed by atoms with van der Waals surface area (Å²) in [6.45, 7) is 4.43. The average molecular weight is 128 g/mol. The minimum absolute atomic E-state index is 0.634. The molecular weight excluding hydrogens is 112 g/mol. The van der Waals surface area contributed by atoms with Crippen LogP contribution in [0.4, 0.5) is 0 Å². The van der Waals surface area contributed by atoms with Crippen LogP contribution in [0.5, 0.6) is 0 Å². The van der Waals surface area contributed by atoms with Crippen LogP contribution in [0.1, 0.15) is 39.5 Å². The number of ether oxygens (including phenoxy) is 1. The molecule has 1 heteroatoms. The molecule has 1 aliphatic rings. The highest BCUT2D eigenvalue weighted by atomic mass is 16.6. The number of hydrogen-bond acceptors (Lipinski definition) is 1. The van der Waals surface area contributed by atoms with Gasteiger partial charge in [0.05, 0.1) is 12.2 Å². The van der Waals surface area contributed by atoms with Crippen molar-refractivity contribution in [2.75, 3.05) is 0 Å². The standard InChI is InChI=1S/C8H16O/c1-3-5-7-8(9-7)6-4-2/h7-8H,3-6H2,1-2H3/t7-,8-/m1/s1. The smallest absolute Gasteiger partial charge is 0.0841 e. The van der Waals surface area contributed by atoms with Crippen LogP contribution in [0.3, 0.4) is 0 Å². The van der Waals surface area contributed by atoms with Gasteiger partial charge >= 0.3 is 0 Å². The predicted molar refractivity (Wildman–Crippen MR) is 38.5 cm³/mol. The molecule has 1 heterocycles. The van der Waals surface area contributed by atoms with Gasteiger partial charge in [-0.15, -0.1) is 0 Å². The van der Waals surface area contributed by atoms with E-state index >= 15 is 0 Å². The Balaban J connectivity index is 1.96. The van der Waals surface area contributed by atoms with Crippen molar-refractivity contribution in [1.82, 2.24) is 0 Å². The maximum Gasteiger partial charge on any atom is 0.0841 e. The Morgan fingerprint density at radius 1 is 1.00 bits per heavy atom. The van der Waals surface area contributed by atoms with Crippen molar-refractivity contribution in [3.63, 3.8) is 0 Å². The first kappa shape index (κ1) is 7.07. The summed E-state index contributed by atoms with van der Waals surface area (Å²) in [7, 11) is 0. The van der Waals surface area contributed by atoms with E-state index in [4.69, 9.17) is 4.74 Å². The van der Waals surface area contributed by atoms with Crippen molar-refractivity contribution in [2.24, 2.45) is 0 Å². The third-order valence-electron chi connectivity index (χ3n) is 1.83. The molecule has 1 saturated heterocycles. The molecule has 1 rings (SSSR count). The molecule has 9 heavy (non-hydrogen) atoms. The van der Waals surface area contributed by atoms with Gasteiger partial charge in [0.15, 0.2) is 0 Å². The van der Waals surface area contributed by atoms with Crippen LogP contribution in [0.25, 0.3) is 0 Å². The summed E-state index contributed by atoms with van der Waals surface area (Å²) in [4.78, 5) is 0. The SMILES string of the molecule is CCC[C@H]1O[C@@H]1CCC. The minimum Gasteiger partial charge on any atom is -0.370 e. The second-order valence-electron chi connectivity index (χ2n) is 2.79. The Labute approximate surface area is 57.4 Å². The molecule has 54 valence electrons. The van der Waals surface area contributed by atoms with E-state index in [1.807, 2.05) is 0 Å². The van der Waals surface area contributed by atoms with Gasteiger partial charge < -0.3 is 4.74 Å². The van der Waals surface area contributed by atoms with E-state index in [2.05, 4.69) is 13.8 Å². The van der Waals surface area contributed by atoms with Crippen molar-refractivity contribution >= 4 is 0 Å². The lowest BCUT2D eigenvalue weighted by molar-refractivity contribution is 0.354. The van der Waals surface area contributed by atoms with Crippen molar-refractivity contribution < 1.29 is 4.74 Å². The van der Waals surface area contributed by atoms with Gasteiger partial charge in [-0.2, -0.15) is 0 Å². The normalized spacial score (nSPS) is 32.7. The highest BCUT2D eigenvalue weighted by Gasteiger charge is 2.36. The Bertz CT molecular complexity index is 70.6. The van der Waals surface area contributed by atoms with Crippen LogP contribution in [-0.2, 0) is 4.74 Å². The summed E-state index contributed by atoms with van der Waals surface area (Å²) in [5, 5.41) is 0. The highest BCUT2D eigenvalue weighted by Crippen LogP contribution is 2.29. The zero-order valence-corrected chi connectivity index (χ0v) is 6.39. The molecule has 1 aliphatic heterocycles. The molecule has 1 fully saturated rings. The van der Waals surface area contributed by atoms with Gasteiger partial charge in [0, 0.05) is 0 Å². The molecule has 0 bridgehead atoms. The molecule has 0 aromatic carbocycles. The van der Waals surface area contributed by atoms with Crippen LogP contribution >= 0.6 is 0 Å². The average Bonchev–Trinajstić information content (AvgIpc) is 2.50. The molecule has 0 N–H and O–H groups in total. The molecule has 0 radical (unpaired) electrons. The van der Waals surface area contributed by atoms with E-state index < -0.39 is 0 Å². The Kier molecular flexibility index (Phi) is 2.52. The van der Waals surface area contributed by atoms with Gasteiger partial charge in [0.25, 0.3) is 0 Å². The second kappa shape index (κ2) is 3.21. The first-order valence-electron chi connectivity index (χ1n) is 4.04. The third kappa shape index (κ3) is 1.98. The molecule has 0 amide bonds. The quantitative estimate of drug-likeness (QED) is 0.529. The first-order valence-corrected chi connectivity index (χ1v) is 4.04. The summed E-state index contributed by atoms with van der Waals surface area (Å²) in [5.74, 6) is 0. The molecule has 0 aliphatic carbocycles. The van der Waals surface area contributed by atoms with Crippen LogP contribution < -0.4 is 0 Å². The summed E-state index contributed by atoms with van der Waals surface area (Å²) in [6, 6.07) is 0. The van der Waals surface area contributed by atoms with E-state index in [9.17, 15) is 0 Å².